The molecule has 5 nitrogen and oxygen atoms in total. The Hall–Kier alpha value is -3.34. The molecule has 0 aromatic heterocycles. The highest BCUT2D eigenvalue weighted by Crippen LogP contribution is 2.30. The molecule has 0 saturated heterocycles. The van der Waals surface area contributed by atoms with Crippen molar-refractivity contribution in [2.24, 2.45) is 5.92 Å². The Morgan fingerprint density at radius 3 is 2.00 bits per heavy atom. The van der Waals surface area contributed by atoms with E-state index < -0.39 is 0 Å². The van der Waals surface area contributed by atoms with Gasteiger partial charge in [-0.25, -0.2) is 4.79 Å². The van der Waals surface area contributed by atoms with Crippen LogP contribution in [0.25, 0.3) is 10.8 Å². The maximum atomic E-state index is 12.3. The summed E-state index contributed by atoms with van der Waals surface area (Å²) in [6, 6.07) is 16.9. The van der Waals surface area contributed by atoms with Crippen molar-refractivity contribution >= 4 is 23.0 Å². The number of benzene rings is 3. The van der Waals surface area contributed by atoms with Crippen LogP contribution in [0.2, 0.25) is 0 Å². The van der Waals surface area contributed by atoms with Crippen LogP contribution in [-0.4, -0.2) is 25.5 Å². The van der Waals surface area contributed by atoms with Crippen LogP contribution in [0.15, 0.2) is 54.6 Å². The minimum Gasteiger partial charge on any atom is -0.494 e. The number of hydrogen-bond acceptors (Lipinski definition) is 5. The number of fused-ring (bicyclic) bond motifs is 1. The van der Waals surface area contributed by atoms with E-state index in [0.717, 1.165) is 41.2 Å². The van der Waals surface area contributed by atoms with Crippen molar-refractivity contribution in [3.8, 4) is 11.5 Å². The second-order valence-electron chi connectivity index (χ2n) is 12.2. The van der Waals surface area contributed by atoms with E-state index >= 15 is 0 Å². The topological polar surface area (TPSA) is 61.8 Å². The van der Waals surface area contributed by atoms with Crippen LogP contribution in [0.3, 0.4) is 0 Å². The number of ether oxygens (including phenoxy) is 3. The minimum atomic E-state index is -0.316. The summed E-state index contributed by atoms with van der Waals surface area (Å²) in [5, 5.41) is 1.78. The van der Waals surface area contributed by atoms with Gasteiger partial charge in [-0.05, 0) is 65.1 Å². The lowest BCUT2D eigenvalue weighted by atomic mass is 10.0. The molecular formula is C39H54O5. The Labute approximate surface area is 265 Å². The fraction of sp³-hybridized carbons (Fsp3) is 0.538. The van der Waals surface area contributed by atoms with Crippen LogP contribution in [0.4, 0.5) is 0 Å². The number of carbonyl (C=O) groups excluding carboxylic acids is 2. The van der Waals surface area contributed by atoms with E-state index in [1.54, 1.807) is 12.1 Å². The molecule has 3 rings (SSSR count). The van der Waals surface area contributed by atoms with Crippen molar-refractivity contribution in [3.63, 3.8) is 0 Å². The Balaban J connectivity index is 1.38. The lowest BCUT2D eigenvalue weighted by Crippen LogP contribution is -2.11. The molecule has 3 aromatic rings. The first-order valence-electron chi connectivity index (χ1n) is 17.1. The van der Waals surface area contributed by atoms with E-state index in [9.17, 15) is 9.59 Å². The molecule has 0 bridgehead atoms. The third-order valence-electron chi connectivity index (χ3n) is 8.41. The number of aldehydes is 1. The van der Waals surface area contributed by atoms with Gasteiger partial charge in [0, 0.05) is 0 Å². The molecule has 0 radical (unpaired) electrons. The molecule has 0 aliphatic heterocycles. The maximum Gasteiger partial charge on any atom is 0.338 e. The number of carbonyl (C=O) groups is 2. The van der Waals surface area contributed by atoms with Crippen LogP contribution in [0.1, 0.15) is 137 Å². The first-order valence-corrected chi connectivity index (χ1v) is 17.1. The summed E-state index contributed by atoms with van der Waals surface area (Å²) < 4.78 is 17.4. The second kappa shape index (κ2) is 20.6. The van der Waals surface area contributed by atoms with Gasteiger partial charge in [0.05, 0.1) is 24.3 Å². The quantitative estimate of drug-likeness (QED) is 0.0614. The maximum absolute atomic E-state index is 12.3. The zero-order valence-electron chi connectivity index (χ0n) is 27.4. The highest BCUT2D eigenvalue weighted by Gasteiger charge is 2.12. The molecule has 0 spiro atoms. The highest BCUT2D eigenvalue weighted by molar-refractivity contribution is 6.01. The standard InChI is InChI=1S/C39H54O5/c1-4-6-7-8-9-10-11-12-13-14-15-16-17-26-42-35-23-24-36-34(27-35)22-25-38(37(36)28-40)43-30-32-18-20-33(21-19-32)39(41)44-29-31(3)5-2/h18-25,27-28,31H,4-17,26,29-30H2,1-3H3/t31-/m1/s1. The number of esters is 1. The lowest BCUT2D eigenvalue weighted by Gasteiger charge is -2.13. The first-order chi connectivity index (χ1) is 21.5. The Bertz CT molecular complexity index is 1250. The molecule has 0 N–H and O–H groups in total. The van der Waals surface area contributed by atoms with E-state index in [4.69, 9.17) is 14.2 Å². The van der Waals surface area contributed by atoms with Gasteiger partial charge in [0.25, 0.3) is 0 Å². The smallest absolute Gasteiger partial charge is 0.338 e. The van der Waals surface area contributed by atoms with Crippen molar-refractivity contribution in [2.45, 2.75) is 117 Å². The number of hydrogen-bond donors (Lipinski definition) is 0. The predicted molar refractivity (Wildman–Crippen MR) is 181 cm³/mol. The van der Waals surface area contributed by atoms with Crippen molar-refractivity contribution < 1.29 is 23.8 Å². The van der Waals surface area contributed by atoms with E-state index in [1.807, 2.05) is 42.5 Å². The fourth-order valence-electron chi connectivity index (χ4n) is 5.28. The van der Waals surface area contributed by atoms with Crippen LogP contribution < -0.4 is 9.47 Å². The summed E-state index contributed by atoms with van der Waals surface area (Å²) >= 11 is 0. The number of rotatable bonds is 23. The van der Waals surface area contributed by atoms with Crippen LogP contribution in [0, 0.1) is 5.92 Å². The zero-order chi connectivity index (χ0) is 31.4. The SMILES string of the molecule is CCCCCCCCCCCCCCCOc1ccc2c(C=O)c(OCc3ccc(C(=O)OC[C@H](C)CC)cc3)ccc2c1. The summed E-state index contributed by atoms with van der Waals surface area (Å²) in [6.07, 6.45) is 19.1. The van der Waals surface area contributed by atoms with E-state index in [-0.39, 0.29) is 12.6 Å². The Morgan fingerprint density at radius 2 is 1.39 bits per heavy atom. The molecule has 240 valence electrons. The third-order valence-corrected chi connectivity index (χ3v) is 8.41. The fourth-order valence-corrected chi connectivity index (χ4v) is 5.28. The van der Waals surface area contributed by atoms with Crippen molar-refractivity contribution in [1.82, 2.24) is 0 Å². The summed E-state index contributed by atoms with van der Waals surface area (Å²) in [4.78, 5) is 24.3. The van der Waals surface area contributed by atoms with Gasteiger partial charge in [0.2, 0.25) is 0 Å². The van der Waals surface area contributed by atoms with Crippen molar-refractivity contribution in [3.05, 3.63) is 71.3 Å². The normalized spacial score (nSPS) is 11.8. The zero-order valence-corrected chi connectivity index (χ0v) is 27.4. The Kier molecular flexibility index (Phi) is 16.4. The molecule has 0 aliphatic carbocycles. The molecule has 0 amide bonds. The molecule has 1 atom stereocenters. The van der Waals surface area contributed by atoms with Crippen molar-refractivity contribution in [1.29, 1.82) is 0 Å². The molecule has 5 heteroatoms. The monoisotopic (exact) mass is 602 g/mol. The second-order valence-corrected chi connectivity index (χ2v) is 12.2. The summed E-state index contributed by atoms with van der Waals surface area (Å²) in [5.74, 6) is 1.38. The van der Waals surface area contributed by atoms with Crippen LogP contribution >= 0.6 is 0 Å². The van der Waals surface area contributed by atoms with E-state index in [2.05, 4.69) is 20.8 Å². The van der Waals surface area contributed by atoms with Gasteiger partial charge in [-0.15, -0.1) is 0 Å². The van der Waals surface area contributed by atoms with Gasteiger partial charge >= 0.3 is 5.97 Å². The summed E-state index contributed by atoms with van der Waals surface area (Å²) in [5.41, 5.74) is 1.94. The molecule has 0 aliphatic rings. The van der Waals surface area contributed by atoms with E-state index in [1.165, 1.54) is 77.0 Å². The van der Waals surface area contributed by atoms with Gasteiger partial charge in [-0.3, -0.25) is 4.79 Å². The van der Waals surface area contributed by atoms with Crippen LogP contribution in [-0.2, 0) is 11.3 Å². The van der Waals surface area contributed by atoms with Gasteiger partial charge in [0.15, 0.2) is 6.29 Å². The predicted octanol–water partition coefficient (Wildman–Crippen LogP) is 10.9. The molecule has 3 aromatic carbocycles. The first kappa shape index (κ1) is 35.1. The minimum absolute atomic E-state index is 0.287. The molecule has 0 saturated carbocycles. The lowest BCUT2D eigenvalue weighted by molar-refractivity contribution is 0.0447. The van der Waals surface area contributed by atoms with Crippen molar-refractivity contribution in [2.75, 3.05) is 13.2 Å². The van der Waals surface area contributed by atoms with E-state index in [0.29, 0.717) is 36.0 Å². The summed E-state index contributed by atoms with van der Waals surface area (Å²) in [6.45, 7) is 7.82. The molecule has 0 fully saturated rings. The molecule has 0 unspecified atom stereocenters. The molecule has 44 heavy (non-hydrogen) atoms. The van der Waals surface area contributed by atoms with Gasteiger partial charge < -0.3 is 14.2 Å². The average molecular weight is 603 g/mol. The van der Waals surface area contributed by atoms with Gasteiger partial charge in [0.1, 0.15) is 18.1 Å². The van der Waals surface area contributed by atoms with Crippen LogP contribution in [0.5, 0.6) is 11.5 Å². The van der Waals surface area contributed by atoms with Gasteiger partial charge in [-0.1, -0.05) is 122 Å². The number of unbranched alkanes of at least 4 members (excludes halogenated alkanes) is 12. The largest absolute Gasteiger partial charge is 0.494 e. The molecular weight excluding hydrogens is 548 g/mol. The molecule has 0 heterocycles. The highest BCUT2D eigenvalue weighted by atomic mass is 16.5. The average Bonchev–Trinajstić information content (AvgIpc) is 3.06. The third kappa shape index (κ3) is 12.3. The van der Waals surface area contributed by atoms with Gasteiger partial charge in [-0.2, -0.15) is 0 Å². The Morgan fingerprint density at radius 1 is 0.750 bits per heavy atom. The summed E-state index contributed by atoms with van der Waals surface area (Å²) in [7, 11) is 0.